The van der Waals surface area contributed by atoms with E-state index in [0.29, 0.717) is 32.7 Å². The lowest BCUT2D eigenvalue weighted by molar-refractivity contribution is -0.149. The fourth-order valence-corrected chi connectivity index (χ4v) is 2.74. The second kappa shape index (κ2) is 7.24. The minimum Gasteiger partial charge on any atom is -0.330 e. The van der Waals surface area contributed by atoms with E-state index in [-0.39, 0.29) is 5.92 Å². The van der Waals surface area contributed by atoms with Gasteiger partial charge in [0.05, 0.1) is 6.54 Å². The van der Waals surface area contributed by atoms with E-state index < -0.39 is 12.7 Å². The largest absolute Gasteiger partial charge is 0.401 e. The van der Waals surface area contributed by atoms with Crippen LogP contribution in [-0.4, -0.2) is 61.8 Å². The summed E-state index contributed by atoms with van der Waals surface area (Å²) in [6.07, 6.45) is -4.11. The number of hydrogen-bond donors (Lipinski definition) is 1. The molecule has 0 aliphatic carbocycles. The molecular formula is C15H22F3N3. The van der Waals surface area contributed by atoms with Crippen molar-refractivity contribution in [3.8, 4) is 0 Å². The van der Waals surface area contributed by atoms with E-state index in [0.717, 1.165) is 6.54 Å². The molecule has 0 spiro atoms. The predicted molar refractivity (Wildman–Crippen MR) is 77.2 cm³/mol. The fourth-order valence-electron chi connectivity index (χ4n) is 2.74. The van der Waals surface area contributed by atoms with Crippen LogP contribution in [0.1, 0.15) is 11.5 Å². The Morgan fingerprint density at radius 1 is 1.00 bits per heavy atom. The molecule has 21 heavy (non-hydrogen) atoms. The molecule has 1 aromatic rings. The minimum atomic E-state index is -4.11. The van der Waals surface area contributed by atoms with Crippen LogP contribution in [0.25, 0.3) is 0 Å². The summed E-state index contributed by atoms with van der Waals surface area (Å²) in [5, 5.41) is 0. The molecule has 1 aromatic carbocycles. The summed E-state index contributed by atoms with van der Waals surface area (Å²) in [6, 6.07) is 10.0. The molecule has 0 saturated carbocycles. The Balaban J connectivity index is 1.82. The quantitative estimate of drug-likeness (QED) is 0.902. The van der Waals surface area contributed by atoms with Gasteiger partial charge in [0.1, 0.15) is 0 Å². The molecule has 3 nitrogen and oxygen atoms in total. The summed E-state index contributed by atoms with van der Waals surface area (Å²) in [6.45, 7) is 2.81. The summed E-state index contributed by atoms with van der Waals surface area (Å²) < 4.78 is 37.1. The number of benzene rings is 1. The molecule has 0 radical (unpaired) electrons. The molecule has 1 atom stereocenters. The zero-order chi connectivity index (χ0) is 15.3. The van der Waals surface area contributed by atoms with Crippen molar-refractivity contribution in [2.45, 2.75) is 12.1 Å². The SMILES string of the molecule is NCC(CN1CCN(CC(F)(F)F)CC1)c1ccccc1. The third-order valence-corrected chi connectivity index (χ3v) is 3.90. The molecule has 6 heteroatoms. The highest BCUT2D eigenvalue weighted by Gasteiger charge is 2.32. The highest BCUT2D eigenvalue weighted by atomic mass is 19.4. The first-order valence-electron chi connectivity index (χ1n) is 7.24. The summed E-state index contributed by atoms with van der Waals surface area (Å²) in [5.41, 5.74) is 7.04. The van der Waals surface area contributed by atoms with Crippen LogP contribution in [0.4, 0.5) is 13.2 Å². The van der Waals surface area contributed by atoms with Crippen molar-refractivity contribution in [2.75, 3.05) is 45.8 Å². The Hall–Kier alpha value is -1.11. The Kier molecular flexibility index (Phi) is 5.61. The minimum absolute atomic E-state index is 0.236. The summed E-state index contributed by atoms with van der Waals surface area (Å²) in [5.74, 6) is 0.236. The summed E-state index contributed by atoms with van der Waals surface area (Å²) in [7, 11) is 0. The van der Waals surface area contributed by atoms with Crippen LogP contribution in [0.3, 0.4) is 0 Å². The summed E-state index contributed by atoms with van der Waals surface area (Å²) in [4.78, 5) is 3.67. The van der Waals surface area contributed by atoms with Gasteiger partial charge in [-0.3, -0.25) is 4.90 Å². The Labute approximate surface area is 123 Å². The first kappa shape index (κ1) is 16.3. The Morgan fingerprint density at radius 3 is 2.10 bits per heavy atom. The van der Waals surface area contributed by atoms with Gasteiger partial charge in [-0.05, 0) is 5.56 Å². The van der Waals surface area contributed by atoms with Gasteiger partial charge in [0, 0.05) is 45.2 Å². The molecule has 1 fully saturated rings. The van der Waals surface area contributed by atoms with Gasteiger partial charge in [-0.15, -0.1) is 0 Å². The number of halogens is 3. The maximum absolute atomic E-state index is 12.4. The van der Waals surface area contributed by atoms with Crippen molar-refractivity contribution in [1.82, 2.24) is 9.80 Å². The van der Waals surface area contributed by atoms with E-state index in [1.165, 1.54) is 10.5 Å². The molecule has 2 N–H and O–H groups in total. The van der Waals surface area contributed by atoms with E-state index in [1.54, 1.807) is 0 Å². The van der Waals surface area contributed by atoms with Gasteiger partial charge >= 0.3 is 6.18 Å². The van der Waals surface area contributed by atoms with Crippen molar-refractivity contribution in [2.24, 2.45) is 5.73 Å². The van der Waals surface area contributed by atoms with E-state index >= 15 is 0 Å². The van der Waals surface area contributed by atoms with Gasteiger partial charge in [-0.2, -0.15) is 13.2 Å². The molecule has 0 amide bonds. The van der Waals surface area contributed by atoms with Crippen LogP contribution in [0, 0.1) is 0 Å². The smallest absolute Gasteiger partial charge is 0.330 e. The predicted octanol–water partition coefficient (Wildman–Crippen LogP) is 1.91. The molecule has 1 heterocycles. The molecule has 1 aliphatic heterocycles. The fraction of sp³-hybridized carbons (Fsp3) is 0.600. The zero-order valence-corrected chi connectivity index (χ0v) is 12.0. The van der Waals surface area contributed by atoms with E-state index in [9.17, 15) is 13.2 Å². The molecule has 1 saturated heterocycles. The first-order valence-corrected chi connectivity index (χ1v) is 7.24. The van der Waals surface area contributed by atoms with Crippen LogP contribution in [-0.2, 0) is 0 Å². The Bertz CT molecular complexity index is 414. The van der Waals surface area contributed by atoms with Gasteiger partial charge in [0.15, 0.2) is 0 Å². The van der Waals surface area contributed by atoms with E-state index in [4.69, 9.17) is 5.73 Å². The lowest BCUT2D eigenvalue weighted by Crippen LogP contribution is -2.50. The molecule has 118 valence electrons. The number of hydrogen-bond acceptors (Lipinski definition) is 3. The number of rotatable bonds is 5. The van der Waals surface area contributed by atoms with E-state index in [1.807, 2.05) is 18.2 Å². The van der Waals surface area contributed by atoms with Crippen LogP contribution in [0.2, 0.25) is 0 Å². The average Bonchev–Trinajstić information content (AvgIpc) is 2.46. The second-order valence-electron chi connectivity index (χ2n) is 5.54. The molecule has 2 rings (SSSR count). The molecule has 0 aromatic heterocycles. The molecule has 1 unspecified atom stereocenters. The van der Waals surface area contributed by atoms with Crippen molar-refractivity contribution in [3.63, 3.8) is 0 Å². The number of nitrogens with zero attached hydrogens (tertiary/aromatic N) is 2. The lowest BCUT2D eigenvalue weighted by Gasteiger charge is -2.36. The maximum atomic E-state index is 12.4. The second-order valence-corrected chi connectivity index (χ2v) is 5.54. The van der Waals surface area contributed by atoms with Crippen LogP contribution in [0.5, 0.6) is 0 Å². The normalized spacial score (nSPS) is 19.6. The van der Waals surface area contributed by atoms with Crippen LogP contribution >= 0.6 is 0 Å². The van der Waals surface area contributed by atoms with Crippen molar-refractivity contribution >= 4 is 0 Å². The van der Waals surface area contributed by atoms with Gasteiger partial charge in [0.25, 0.3) is 0 Å². The highest BCUT2D eigenvalue weighted by Crippen LogP contribution is 2.19. The van der Waals surface area contributed by atoms with Crippen molar-refractivity contribution in [1.29, 1.82) is 0 Å². The van der Waals surface area contributed by atoms with Gasteiger partial charge < -0.3 is 10.6 Å². The van der Waals surface area contributed by atoms with Gasteiger partial charge in [-0.1, -0.05) is 30.3 Å². The van der Waals surface area contributed by atoms with Crippen LogP contribution < -0.4 is 5.73 Å². The number of nitrogens with two attached hydrogens (primary N) is 1. The standard InChI is InChI=1S/C15H22F3N3/c16-15(17,18)12-21-8-6-20(7-9-21)11-14(10-19)13-4-2-1-3-5-13/h1-5,14H,6-12,19H2. The molecule has 0 bridgehead atoms. The highest BCUT2D eigenvalue weighted by molar-refractivity contribution is 5.20. The average molecular weight is 301 g/mol. The van der Waals surface area contributed by atoms with Gasteiger partial charge in [0.2, 0.25) is 0 Å². The van der Waals surface area contributed by atoms with Gasteiger partial charge in [-0.25, -0.2) is 0 Å². The lowest BCUT2D eigenvalue weighted by atomic mass is 9.98. The monoisotopic (exact) mass is 301 g/mol. The third-order valence-electron chi connectivity index (χ3n) is 3.90. The van der Waals surface area contributed by atoms with Crippen molar-refractivity contribution in [3.05, 3.63) is 35.9 Å². The third kappa shape index (κ3) is 5.30. The Morgan fingerprint density at radius 2 is 1.57 bits per heavy atom. The number of alkyl halides is 3. The molecular weight excluding hydrogens is 279 g/mol. The summed E-state index contributed by atoms with van der Waals surface area (Å²) >= 11 is 0. The van der Waals surface area contributed by atoms with Crippen molar-refractivity contribution < 1.29 is 13.2 Å². The maximum Gasteiger partial charge on any atom is 0.401 e. The zero-order valence-electron chi connectivity index (χ0n) is 12.0. The van der Waals surface area contributed by atoms with E-state index in [2.05, 4.69) is 17.0 Å². The first-order chi connectivity index (χ1) is 9.98. The van der Waals surface area contributed by atoms with Crippen LogP contribution in [0.15, 0.2) is 30.3 Å². The molecule has 1 aliphatic rings. The number of piperazine rings is 1. The topological polar surface area (TPSA) is 32.5 Å².